The zero-order chi connectivity index (χ0) is 14.1. The molecule has 1 aromatic heterocycles. The van der Waals surface area contributed by atoms with Gasteiger partial charge in [-0.25, -0.2) is 4.98 Å². The normalized spacial score (nSPS) is 10.9. The van der Waals surface area contributed by atoms with Crippen molar-refractivity contribution in [3.63, 3.8) is 0 Å². The minimum atomic E-state index is -0.0451. The highest BCUT2D eigenvalue weighted by Crippen LogP contribution is 2.19. The van der Waals surface area contributed by atoms with E-state index in [0.717, 1.165) is 11.1 Å². The quantitative estimate of drug-likeness (QED) is 0.740. The molecule has 0 unspecified atom stereocenters. The number of carbonyl (C=O) groups excluding carboxylic acids is 1. The molecular weight excluding hydrogens is 252 g/mol. The lowest BCUT2D eigenvalue weighted by Crippen LogP contribution is -2.03. The number of nitrogens with two attached hydrogens (primary N) is 1. The van der Waals surface area contributed by atoms with Crippen molar-refractivity contribution in [2.75, 3.05) is 0 Å². The lowest BCUT2D eigenvalue weighted by molar-refractivity contribution is 0.103. The second-order valence-corrected chi connectivity index (χ2v) is 4.65. The number of aryl methyl sites for hydroxylation is 1. The lowest BCUT2D eigenvalue weighted by atomic mass is 10.0. The predicted octanol–water partition coefficient (Wildman–Crippen LogP) is 2.83. The van der Waals surface area contributed by atoms with Gasteiger partial charge in [-0.2, -0.15) is 0 Å². The Bertz CT molecular complexity index is 790. The Labute approximate surface area is 116 Å². The van der Waals surface area contributed by atoms with E-state index >= 15 is 0 Å². The van der Waals surface area contributed by atoms with Crippen LogP contribution in [0.5, 0.6) is 0 Å². The molecule has 1 heterocycles. The van der Waals surface area contributed by atoms with Crippen LogP contribution in [-0.4, -0.2) is 10.8 Å². The van der Waals surface area contributed by atoms with E-state index in [1.807, 2.05) is 18.2 Å². The summed E-state index contributed by atoms with van der Waals surface area (Å²) < 4.78 is 5.46. The van der Waals surface area contributed by atoms with Crippen molar-refractivity contribution in [1.82, 2.24) is 4.98 Å². The molecule has 0 saturated heterocycles. The number of fused-ring (bicyclic) bond motifs is 1. The summed E-state index contributed by atoms with van der Waals surface area (Å²) in [6.07, 6.45) is 0. The van der Waals surface area contributed by atoms with E-state index in [1.54, 1.807) is 31.2 Å². The number of ketones is 1. The minimum Gasteiger partial charge on any atom is -0.441 e. The number of oxazole rings is 1. The molecule has 0 saturated carbocycles. The molecule has 0 aliphatic rings. The van der Waals surface area contributed by atoms with Crippen LogP contribution in [0.25, 0.3) is 11.1 Å². The Morgan fingerprint density at radius 1 is 1.20 bits per heavy atom. The van der Waals surface area contributed by atoms with Crippen molar-refractivity contribution in [2.45, 2.75) is 13.5 Å². The number of hydrogen-bond donors (Lipinski definition) is 1. The third-order valence-electron chi connectivity index (χ3n) is 3.18. The van der Waals surface area contributed by atoms with Gasteiger partial charge in [0.2, 0.25) is 0 Å². The van der Waals surface area contributed by atoms with Crippen LogP contribution in [0.15, 0.2) is 46.9 Å². The fourth-order valence-corrected chi connectivity index (χ4v) is 2.19. The number of hydrogen-bond acceptors (Lipinski definition) is 4. The van der Waals surface area contributed by atoms with Crippen LogP contribution in [0, 0.1) is 6.92 Å². The van der Waals surface area contributed by atoms with Gasteiger partial charge in [-0.15, -0.1) is 0 Å². The van der Waals surface area contributed by atoms with Crippen LogP contribution in [-0.2, 0) is 6.54 Å². The highest BCUT2D eigenvalue weighted by atomic mass is 16.3. The summed E-state index contributed by atoms with van der Waals surface area (Å²) in [5.74, 6) is 0.547. The van der Waals surface area contributed by atoms with Crippen molar-refractivity contribution in [1.29, 1.82) is 0 Å². The Morgan fingerprint density at radius 2 is 2.00 bits per heavy atom. The zero-order valence-electron chi connectivity index (χ0n) is 11.1. The van der Waals surface area contributed by atoms with Crippen LogP contribution < -0.4 is 5.73 Å². The number of rotatable bonds is 3. The van der Waals surface area contributed by atoms with E-state index in [2.05, 4.69) is 4.98 Å². The molecule has 3 rings (SSSR count). The molecule has 0 atom stereocenters. The van der Waals surface area contributed by atoms with Gasteiger partial charge in [-0.05, 0) is 29.8 Å². The molecule has 2 aromatic carbocycles. The van der Waals surface area contributed by atoms with Gasteiger partial charge in [-0.1, -0.05) is 18.2 Å². The van der Waals surface area contributed by atoms with Gasteiger partial charge < -0.3 is 10.2 Å². The topological polar surface area (TPSA) is 69.1 Å². The molecule has 0 aliphatic carbocycles. The molecule has 0 bridgehead atoms. The molecule has 0 radical (unpaired) electrons. The Hall–Kier alpha value is -2.46. The maximum Gasteiger partial charge on any atom is 0.193 e. The van der Waals surface area contributed by atoms with Crippen molar-refractivity contribution in [2.24, 2.45) is 5.73 Å². The van der Waals surface area contributed by atoms with Crippen LogP contribution in [0.3, 0.4) is 0 Å². The minimum absolute atomic E-state index is 0.0451. The highest BCUT2D eigenvalue weighted by Gasteiger charge is 2.12. The van der Waals surface area contributed by atoms with Crippen LogP contribution in [0.4, 0.5) is 0 Å². The maximum atomic E-state index is 12.5. The molecule has 0 aliphatic heterocycles. The van der Waals surface area contributed by atoms with Gasteiger partial charge in [0.15, 0.2) is 17.3 Å². The average molecular weight is 266 g/mol. The van der Waals surface area contributed by atoms with Gasteiger partial charge in [0, 0.05) is 24.6 Å². The fourth-order valence-electron chi connectivity index (χ4n) is 2.19. The number of aromatic nitrogens is 1. The third kappa shape index (κ3) is 2.21. The van der Waals surface area contributed by atoms with Gasteiger partial charge in [0.05, 0.1) is 0 Å². The van der Waals surface area contributed by atoms with Crippen LogP contribution >= 0.6 is 0 Å². The maximum absolute atomic E-state index is 12.5. The monoisotopic (exact) mass is 266 g/mol. The van der Waals surface area contributed by atoms with E-state index in [1.165, 1.54) is 0 Å². The highest BCUT2D eigenvalue weighted by molar-refractivity contribution is 6.10. The fraction of sp³-hybridized carbons (Fsp3) is 0.125. The summed E-state index contributed by atoms with van der Waals surface area (Å²) in [5, 5.41) is 0. The SMILES string of the molecule is Cc1nc2ccc(C(=O)c3cccc(CN)c3)cc2o1. The molecular formula is C16H14N2O2. The first-order valence-corrected chi connectivity index (χ1v) is 6.38. The van der Waals surface area contributed by atoms with Crippen molar-refractivity contribution in [3.05, 3.63) is 65.0 Å². The van der Waals surface area contributed by atoms with Crippen molar-refractivity contribution < 1.29 is 9.21 Å². The van der Waals surface area contributed by atoms with Crippen LogP contribution in [0.2, 0.25) is 0 Å². The molecule has 20 heavy (non-hydrogen) atoms. The second kappa shape index (κ2) is 4.90. The Balaban J connectivity index is 2.02. The van der Waals surface area contributed by atoms with E-state index in [4.69, 9.17) is 10.2 Å². The first kappa shape index (κ1) is 12.6. The summed E-state index contributed by atoms with van der Waals surface area (Å²) in [7, 11) is 0. The Morgan fingerprint density at radius 3 is 2.80 bits per heavy atom. The second-order valence-electron chi connectivity index (χ2n) is 4.65. The summed E-state index contributed by atoms with van der Waals surface area (Å²) in [4.78, 5) is 16.7. The Kier molecular flexibility index (Phi) is 3.08. The number of carbonyl (C=O) groups is 1. The summed E-state index contributed by atoms with van der Waals surface area (Å²) >= 11 is 0. The smallest absolute Gasteiger partial charge is 0.193 e. The van der Waals surface area contributed by atoms with E-state index in [-0.39, 0.29) is 5.78 Å². The summed E-state index contributed by atoms with van der Waals surface area (Å²) in [6, 6.07) is 12.6. The standard InChI is InChI=1S/C16H14N2O2/c1-10-18-14-6-5-13(8-15(14)20-10)16(19)12-4-2-3-11(7-12)9-17/h2-8H,9,17H2,1H3. The van der Waals surface area contributed by atoms with E-state index in [9.17, 15) is 4.79 Å². The summed E-state index contributed by atoms with van der Waals surface area (Å²) in [5.41, 5.74) is 9.14. The zero-order valence-corrected chi connectivity index (χ0v) is 11.1. The van der Waals surface area contributed by atoms with Gasteiger partial charge in [0.25, 0.3) is 0 Å². The molecule has 2 N–H and O–H groups in total. The van der Waals surface area contributed by atoms with Gasteiger partial charge in [-0.3, -0.25) is 4.79 Å². The van der Waals surface area contributed by atoms with Crippen molar-refractivity contribution >= 4 is 16.9 Å². The molecule has 4 nitrogen and oxygen atoms in total. The van der Waals surface area contributed by atoms with Crippen LogP contribution in [0.1, 0.15) is 27.4 Å². The lowest BCUT2D eigenvalue weighted by Gasteiger charge is -2.03. The third-order valence-corrected chi connectivity index (χ3v) is 3.18. The largest absolute Gasteiger partial charge is 0.441 e. The molecule has 4 heteroatoms. The summed E-state index contributed by atoms with van der Waals surface area (Å²) in [6.45, 7) is 2.20. The van der Waals surface area contributed by atoms with Gasteiger partial charge >= 0.3 is 0 Å². The van der Waals surface area contributed by atoms with E-state index < -0.39 is 0 Å². The average Bonchev–Trinajstić information content (AvgIpc) is 2.85. The first-order valence-electron chi connectivity index (χ1n) is 6.38. The molecule has 0 amide bonds. The molecule has 3 aromatic rings. The number of nitrogens with zero attached hydrogens (tertiary/aromatic N) is 1. The molecule has 100 valence electrons. The predicted molar refractivity (Wildman–Crippen MR) is 76.5 cm³/mol. The van der Waals surface area contributed by atoms with Crippen molar-refractivity contribution in [3.8, 4) is 0 Å². The number of benzene rings is 2. The molecule has 0 fully saturated rings. The van der Waals surface area contributed by atoms with E-state index in [0.29, 0.717) is 29.1 Å². The van der Waals surface area contributed by atoms with Gasteiger partial charge in [0.1, 0.15) is 5.52 Å². The molecule has 0 spiro atoms. The first-order chi connectivity index (χ1) is 9.67.